The molecule has 134 valence electrons. The molecule has 4 nitrogen and oxygen atoms in total. The number of carbonyl (C=O) groups is 1. The normalized spacial score (nSPS) is 10.7. The molecule has 2 aromatic carbocycles. The lowest BCUT2D eigenvalue weighted by Gasteiger charge is -2.01. The summed E-state index contributed by atoms with van der Waals surface area (Å²) in [5.41, 5.74) is 1.14. The van der Waals surface area contributed by atoms with Crippen molar-refractivity contribution < 1.29 is 9.18 Å². The van der Waals surface area contributed by atoms with E-state index in [2.05, 4.69) is 15.5 Å². The number of hydrogen-bond acceptors (Lipinski definition) is 6. The van der Waals surface area contributed by atoms with E-state index in [1.807, 2.05) is 24.3 Å². The second-order valence-electron chi connectivity index (χ2n) is 5.08. The molecule has 0 aliphatic heterocycles. The second kappa shape index (κ2) is 9.36. The Labute approximate surface area is 167 Å². The number of amides is 1. The molecular weight excluding hydrogens is 413 g/mol. The molecule has 0 saturated carbocycles. The predicted octanol–water partition coefficient (Wildman–Crippen LogP) is 5.35. The molecule has 0 radical (unpaired) electrons. The number of hydrogen-bond donors (Lipinski definition) is 1. The van der Waals surface area contributed by atoms with Crippen LogP contribution in [0, 0.1) is 5.82 Å². The molecule has 3 aromatic rings. The zero-order chi connectivity index (χ0) is 18.4. The third kappa shape index (κ3) is 5.98. The van der Waals surface area contributed by atoms with Gasteiger partial charge in [-0.2, -0.15) is 0 Å². The fraction of sp³-hybridized carbons (Fsp3) is 0.118. The van der Waals surface area contributed by atoms with Gasteiger partial charge in [0, 0.05) is 15.7 Å². The van der Waals surface area contributed by atoms with Gasteiger partial charge in [0.05, 0.1) is 5.75 Å². The van der Waals surface area contributed by atoms with Gasteiger partial charge in [0.2, 0.25) is 11.0 Å². The molecular formula is C17H13ClFN3OS3. The highest BCUT2D eigenvalue weighted by Gasteiger charge is 2.09. The molecule has 26 heavy (non-hydrogen) atoms. The highest BCUT2D eigenvalue weighted by molar-refractivity contribution is 8.00. The van der Waals surface area contributed by atoms with Crippen LogP contribution in [0.15, 0.2) is 57.8 Å². The Kier molecular flexibility index (Phi) is 6.90. The second-order valence-corrected chi connectivity index (χ2v) is 8.76. The monoisotopic (exact) mass is 425 g/mol. The minimum atomic E-state index is -0.295. The molecule has 0 saturated heterocycles. The number of aromatic nitrogens is 2. The van der Waals surface area contributed by atoms with Crippen molar-refractivity contribution in [1.29, 1.82) is 0 Å². The van der Waals surface area contributed by atoms with Crippen molar-refractivity contribution in [2.45, 2.75) is 15.0 Å². The van der Waals surface area contributed by atoms with Gasteiger partial charge in [-0.3, -0.25) is 10.1 Å². The number of benzene rings is 2. The lowest BCUT2D eigenvalue weighted by Crippen LogP contribution is -2.13. The third-order valence-corrected chi connectivity index (χ3v) is 6.42. The minimum absolute atomic E-state index is 0.176. The number of rotatable bonds is 7. The Bertz CT molecular complexity index is 872. The molecule has 0 unspecified atom stereocenters. The van der Waals surface area contributed by atoms with E-state index in [4.69, 9.17) is 11.6 Å². The van der Waals surface area contributed by atoms with Crippen LogP contribution < -0.4 is 5.32 Å². The highest BCUT2D eigenvalue weighted by atomic mass is 35.5. The highest BCUT2D eigenvalue weighted by Crippen LogP contribution is 2.29. The van der Waals surface area contributed by atoms with E-state index in [0.29, 0.717) is 10.2 Å². The van der Waals surface area contributed by atoms with Gasteiger partial charge >= 0.3 is 0 Å². The average molecular weight is 426 g/mol. The van der Waals surface area contributed by atoms with Gasteiger partial charge < -0.3 is 0 Å². The molecule has 3 rings (SSSR count). The van der Waals surface area contributed by atoms with E-state index in [1.165, 1.54) is 35.2 Å². The van der Waals surface area contributed by atoms with Crippen LogP contribution in [-0.2, 0) is 10.5 Å². The Morgan fingerprint density at radius 1 is 1.08 bits per heavy atom. The van der Waals surface area contributed by atoms with E-state index in [-0.39, 0.29) is 17.5 Å². The molecule has 0 atom stereocenters. The largest absolute Gasteiger partial charge is 0.300 e. The van der Waals surface area contributed by atoms with E-state index in [9.17, 15) is 9.18 Å². The maximum atomic E-state index is 12.9. The van der Waals surface area contributed by atoms with Gasteiger partial charge in [0.25, 0.3) is 0 Å². The van der Waals surface area contributed by atoms with E-state index >= 15 is 0 Å². The number of nitrogens with one attached hydrogen (secondary N) is 1. The van der Waals surface area contributed by atoms with Crippen LogP contribution in [0.3, 0.4) is 0 Å². The first-order valence-electron chi connectivity index (χ1n) is 7.47. The van der Waals surface area contributed by atoms with Crippen LogP contribution >= 0.6 is 46.5 Å². The molecule has 0 spiro atoms. The summed E-state index contributed by atoms with van der Waals surface area (Å²) in [5.74, 6) is 0.500. The van der Waals surface area contributed by atoms with Crippen LogP contribution in [0.25, 0.3) is 0 Å². The Morgan fingerprint density at radius 3 is 2.54 bits per heavy atom. The molecule has 1 aromatic heterocycles. The predicted molar refractivity (Wildman–Crippen MR) is 107 cm³/mol. The Hall–Kier alpha value is -1.61. The summed E-state index contributed by atoms with van der Waals surface area (Å²) in [7, 11) is 0. The van der Waals surface area contributed by atoms with Crippen LogP contribution in [0.4, 0.5) is 9.52 Å². The van der Waals surface area contributed by atoms with Gasteiger partial charge in [-0.25, -0.2) is 4.39 Å². The van der Waals surface area contributed by atoms with Crippen molar-refractivity contribution >= 4 is 57.5 Å². The van der Waals surface area contributed by atoms with E-state index < -0.39 is 0 Å². The summed E-state index contributed by atoms with van der Waals surface area (Å²) < 4.78 is 13.6. The summed E-state index contributed by atoms with van der Waals surface area (Å²) in [6, 6.07) is 13.7. The molecule has 0 aliphatic carbocycles. The number of halogens is 2. The smallest absolute Gasteiger partial charge is 0.236 e. The Morgan fingerprint density at radius 2 is 1.81 bits per heavy atom. The number of nitrogens with zero attached hydrogens (tertiary/aromatic N) is 2. The summed E-state index contributed by atoms with van der Waals surface area (Å²) in [6.07, 6.45) is 0. The summed E-state index contributed by atoms with van der Waals surface area (Å²) in [5, 5.41) is 12.0. The van der Waals surface area contributed by atoms with Crippen LogP contribution in [0.5, 0.6) is 0 Å². The SMILES string of the molecule is O=C(CSc1ccc(F)cc1)Nc1nnc(SCc2ccc(Cl)cc2)s1. The molecule has 0 bridgehead atoms. The van der Waals surface area contributed by atoms with Gasteiger partial charge in [0.15, 0.2) is 4.34 Å². The fourth-order valence-electron chi connectivity index (χ4n) is 1.88. The molecule has 1 amide bonds. The van der Waals surface area contributed by atoms with E-state index in [0.717, 1.165) is 20.6 Å². The first kappa shape index (κ1) is 19.2. The van der Waals surface area contributed by atoms with Crippen molar-refractivity contribution in [2.24, 2.45) is 0 Å². The number of carbonyl (C=O) groups excluding carboxylic acids is 1. The maximum Gasteiger partial charge on any atom is 0.236 e. The molecule has 1 heterocycles. The van der Waals surface area contributed by atoms with Crippen LogP contribution in [0.1, 0.15) is 5.56 Å². The average Bonchev–Trinajstić information content (AvgIpc) is 3.08. The quantitative estimate of drug-likeness (QED) is 0.408. The maximum absolute atomic E-state index is 12.9. The number of thioether (sulfide) groups is 2. The first-order valence-corrected chi connectivity index (χ1v) is 10.6. The minimum Gasteiger partial charge on any atom is -0.300 e. The van der Waals surface area contributed by atoms with Gasteiger partial charge in [-0.15, -0.1) is 22.0 Å². The van der Waals surface area contributed by atoms with Gasteiger partial charge in [-0.1, -0.05) is 46.8 Å². The van der Waals surface area contributed by atoms with Crippen LogP contribution in [-0.4, -0.2) is 21.9 Å². The van der Waals surface area contributed by atoms with Crippen LogP contribution in [0.2, 0.25) is 5.02 Å². The molecule has 0 aliphatic rings. The standard InChI is InChI=1S/C17H13ClFN3OS3/c18-12-3-1-11(2-4-12)9-25-17-22-21-16(26-17)20-15(23)10-24-14-7-5-13(19)6-8-14/h1-8H,9-10H2,(H,20,21,23). The fourth-order valence-corrected chi connectivity index (χ4v) is 4.43. The third-order valence-electron chi connectivity index (χ3n) is 3.11. The van der Waals surface area contributed by atoms with Crippen molar-refractivity contribution in [1.82, 2.24) is 10.2 Å². The first-order chi connectivity index (χ1) is 12.6. The number of anilines is 1. The lowest BCUT2D eigenvalue weighted by molar-refractivity contribution is -0.113. The summed E-state index contributed by atoms with van der Waals surface area (Å²) >= 11 is 10.1. The lowest BCUT2D eigenvalue weighted by atomic mass is 10.2. The molecule has 9 heteroatoms. The Balaban J connectivity index is 1.45. The zero-order valence-electron chi connectivity index (χ0n) is 13.3. The van der Waals surface area contributed by atoms with Gasteiger partial charge in [-0.05, 0) is 42.0 Å². The molecule has 1 N–H and O–H groups in total. The van der Waals surface area contributed by atoms with Gasteiger partial charge in [0.1, 0.15) is 5.82 Å². The van der Waals surface area contributed by atoms with Crippen molar-refractivity contribution in [2.75, 3.05) is 11.1 Å². The van der Waals surface area contributed by atoms with Crippen molar-refractivity contribution in [3.05, 3.63) is 64.9 Å². The summed E-state index contributed by atoms with van der Waals surface area (Å²) in [6.45, 7) is 0. The molecule has 0 fully saturated rings. The van der Waals surface area contributed by atoms with Crippen molar-refractivity contribution in [3.8, 4) is 0 Å². The summed E-state index contributed by atoms with van der Waals surface area (Å²) in [4.78, 5) is 12.8. The zero-order valence-corrected chi connectivity index (χ0v) is 16.5. The van der Waals surface area contributed by atoms with Crippen molar-refractivity contribution in [3.63, 3.8) is 0 Å². The van der Waals surface area contributed by atoms with E-state index in [1.54, 1.807) is 23.9 Å². The topological polar surface area (TPSA) is 54.9 Å².